The van der Waals surface area contributed by atoms with Crippen LogP contribution in [-0.4, -0.2) is 60.3 Å². The molecule has 2 atom stereocenters. The second-order valence-corrected chi connectivity index (χ2v) is 12.3. The summed E-state index contributed by atoms with van der Waals surface area (Å²) in [6, 6.07) is 8.42. The summed E-state index contributed by atoms with van der Waals surface area (Å²) in [5.41, 5.74) is -0.319. The number of hydrogen-bond acceptors (Lipinski definition) is 12. The minimum absolute atomic E-state index is 0.00551. The van der Waals surface area contributed by atoms with Crippen molar-refractivity contribution in [3.63, 3.8) is 0 Å². The summed E-state index contributed by atoms with van der Waals surface area (Å²) in [5.74, 6) is -1.96. The van der Waals surface area contributed by atoms with Crippen molar-refractivity contribution in [2.45, 2.75) is 110 Å². The van der Waals surface area contributed by atoms with Crippen LogP contribution in [-0.2, 0) is 28.7 Å². The molecule has 286 valence electrons. The third-order valence-electron chi connectivity index (χ3n) is 8.16. The van der Waals surface area contributed by atoms with Gasteiger partial charge in [0.25, 0.3) is 11.4 Å². The second kappa shape index (κ2) is 23.4. The maximum atomic E-state index is 13.5. The number of nitro groups is 2. The summed E-state index contributed by atoms with van der Waals surface area (Å²) in [4.78, 5) is 72.8. The Labute approximate surface area is 304 Å². The number of nitrogens with one attached hydrogen (secondary N) is 1. The van der Waals surface area contributed by atoms with Gasteiger partial charge in [-0.2, -0.15) is 0 Å². The average Bonchev–Trinajstić information content (AvgIpc) is 3.13. The number of hydrogen-bond donors (Lipinski definition) is 1. The van der Waals surface area contributed by atoms with E-state index in [0.29, 0.717) is 69.8 Å². The molecule has 2 unspecified atom stereocenters. The van der Waals surface area contributed by atoms with E-state index in [0.717, 1.165) is 19.3 Å². The Bertz CT molecular complexity index is 1510. The zero-order valence-electron chi connectivity index (χ0n) is 30.5. The third-order valence-corrected chi connectivity index (χ3v) is 8.16. The molecule has 0 aliphatic rings. The van der Waals surface area contributed by atoms with Gasteiger partial charge >= 0.3 is 11.9 Å². The summed E-state index contributed by atoms with van der Waals surface area (Å²) < 4.78 is 21.4. The lowest BCUT2D eigenvalue weighted by Gasteiger charge is -2.18. The number of rotatable bonds is 26. The number of carbonyl (C=O) groups excluding carboxylic acids is 4. The Balaban J connectivity index is 1.95. The van der Waals surface area contributed by atoms with Crippen LogP contribution < -0.4 is 14.8 Å². The predicted octanol–water partition coefficient (Wildman–Crippen LogP) is 7.23. The summed E-state index contributed by atoms with van der Waals surface area (Å²) in [7, 11) is 1.27. The molecule has 1 N–H and O–H groups in total. The fourth-order valence-corrected chi connectivity index (χ4v) is 5.30. The molecule has 2 aromatic rings. The fraction of sp³-hybridized carbons (Fsp3) is 0.568. The highest BCUT2D eigenvalue weighted by atomic mass is 16.6. The molecule has 1 amide bonds. The molecule has 0 aliphatic carbocycles. The SMILES string of the molecule is CCCOc1ccc([N+](=O)[O-])c(C(C)C(=O)NCCCCCCCC(=O)C(OC(=O)CCCCC(=O)OC)c2cc(OCCC)ccc2[N+](=O)[O-])c1. The number of methoxy groups -OCH3 is 1. The normalized spacial score (nSPS) is 11.9. The standard InChI is InChI=1S/C37H51N3O12/c1-5-22-50-27-17-19-31(39(45)46)29(24-27)26(3)37(44)38-21-13-9-7-8-10-14-33(41)36(52-35(43)16-12-11-15-34(42)49-4)30-25-28(51-23-6-2)18-20-32(30)40(47)48/h17-20,24-26,36H,5-16,21-23H2,1-4H3,(H,38,44). The zero-order chi connectivity index (χ0) is 38.5. The van der Waals surface area contributed by atoms with Gasteiger partial charge in [-0.3, -0.25) is 39.4 Å². The van der Waals surface area contributed by atoms with Crippen molar-refractivity contribution in [3.05, 3.63) is 67.8 Å². The van der Waals surface area contributed by atoms with E-state index in [1.807, 2.05) is 13.8 Å². The van der Waals surface area contributed by atoms with Crippen LogP contribution in [0.15, 0.2) is 36.4 Å². The number of Topliss-reactive ketones (excluding diaryl/α,β-unsaturated/α-hetero) is 1. The van der Waals surface area contributed by atoms with Gasteiger partial charge in [-0.25, -0.2) is 0 Å². The smallest absolute Gasteiger partial charge is 0.306 e. The van der Waals surface area contributed by atoms with E-state index in [2.05, 4.69) is 10.1 Å². The molecule has 2 aromatic carbocycles. The van der Waals surface area contributed by atoms with Crippen LogP contribution >= 0.6 is 0 Å². The van der Waals surface area contributed by atoms with Crippen LogP contribution in [0.3, 0.4) is 0 Å². The van der Waals surface area contributed by atoms with Gasteiger partial charge in [0, 0.05) is 43.5 Å². The molecule has 2 rings (SSSR count). The third kappa shape index (κ3) is 14.6. The van der Waals surface area contributed by atoms with Crippen LogP contribution in [0.1, 0.15) is 121 Å². The first-order chi connectivity index (χ1) is 24.9. The number of nitro benzene ring substituents is 2. The van der Waals surface area contributed by atoms with E-state index >= 15 is 0 Å². The van der Waals surface area contributed by atoms with Gasteiger partial charge < -0.3 is 24.3 Å². The van der Waals surface area contributed by atoms with E-state index in [-0.39, 0.29) is 47.7 Å². The summed E-state index contributed by atoms with van der Waals surface area (Å²) in [6.07, 6.45) is 3.84. The number of unbranched alkanes of at least 4 members (excludes halogenated alkanes) is 5. The Morgan fingerprint density at radius 1 is 0.712 bits per heavy atom. The monoisotopic (exact) mass is 729 g/mol. The molecular formula is C37H51N3O12. The first-order valence-corrected chi connectivity index (χ1v) is 17.8. The molecule has 0 heterocycles. The molecule has 0 bridgehead atoms. The lowest BCUT2D eigenvalue weighted by atomic mass is 9.97. The summed E-state index contributed by atoms with van der Waals surface area (Å²) in [5, 5.41) is 26.3. The van der Waals surface area contributed by atoms with E-state index in [1.165, 1.54) is 43.5 Å². The van der Waals surface area contributed by atoms with Crippen LogP contribution in [0.25, 0.3) is 0 Å². The predicted molar refractivity (Wildman–Crippen MR) is 191 cm³/mol. The van der Waals surface area contributed by atoms with Gasteiger partial charge in [0.1, 0.15) is 11.5 Å². The summed E-state index contributed by atoms with van der Waals surface area (Å²) in [6.45, 7) is 6.61. The van der Waals surface area contributed by atoms with Crippen molar-refractivity contribution in [3.8, 4) is 11.5 Å². The average molecular weight is 730 g/mol. The van der Waals surface area contributed by atoms with Crippen molar-refractivity contribution in [1.29, 1.82) is 0 Å². The maximum absolute atomic E-state index is 13.5. The molecule has 15 heteroatoms. The highest BCUT2D eigenvalue weighted by molar-refractivity contribution is 5.88. The van der Waals surface area contributed by atoms with Crippen LogP contribution in [0.4, 0.5) is 11.4 Å². The van der Waals surface area contributed by atoms with Crippen LogP contribution in [0.5, 0.6) is 11.5 Å². The molecule has 0 saturated carbocycles. The summed E-state index contributed by atoms with van der Waals surface area (Å²) >= 11 is 0. The number of amides is 1. The zero-order valence-corrected chi connectivity index (χ0v) is 30.5. The Hall–Kier alpha value is -5.08. The molecule has 0 fully saturated rings. The van der Waals surface area contributed by atoms with Gasteiger partial charge in [-0.15, -0.1) is 0 Å². The Kier molecular flexibility index (Phi) is 19.4. The lowest BCUT2D eigenvalue weighted by Crippen LogP contribution is -2.29. The van der Waals surface area contributed by atoms with Crippen LogP contribution in [0, 0.1) is 20.2 Å². The topological polar surface area (TPSA) is 204 Å². The lowest BCUT2D eigenvalue weighted by molar-refractivity contribution is -0.386. The van der Waals surface area contributed by atoms with Gasteiger partial charge in [0.05, 0.1) is 41.7 Å². The van der Waals surface area contributed by atoms with E-state index in [1.54, 1.807) is 6.92 Å². The molecule has 15 nitrogen and oxygen atoms in total. The largest absolute Gasteiger partial charge is 0.494 e. The highest BCUT2D eigenvalue weighted by Gasteiger charge is 2.32. The minimum atomic E-state index is -1.51. The Morgan fingerprint density at radius 2 is 1.21 bits per heavy atom. The Morgan fingerprint density at radius 3 is 1.77 bits per heavy atom. The highest BCUT2D eigenvalue weighted by Crippen LogP contribution is 2.34. The van der Waals surface area contributed by atoms with E-state index < -0.39 is 39.6 Å². The molecule has 0 spiro atoms. The number of ketones is 1. The number of ether oxygens (including phenoxy) is 4. The number of carbonyl (C=O) groups is 4. The van der Waals surface area contributed by atoms with Crippen molar-refractivity contribution >= 4 is 35.0 Å². The van der Waals surface area contributed by atoms with Crippen molar-refractivity contribution in [2.24, 2.45) is 0 Å². The fourth-order valence-electron chi connectivity index (χ4n) is 5.30. The number of esters is 2. The molecule has 0 aliphatic heterocycles. The second-order valence-electron chi connectivity index (χ2n) is 12.3. The molecule has 0 radical (unpaired) electrons. The van der Waals surface area contributed by atoms with Crippen molar-refractivity contribution < 1.29 is 48.0 Å². The van der Waals surface area contributed by atoms with Crippen LogP contribution in [0.2, 0.25) is 0 Å². The molecule has 52 heavy (non-hydrogen) atoms. The quantitative estimate of drug-likeness (QED) is 0.0441. The first kappa shape index (κ1) is 43.1. The van der Waals surface area contributed by atoms with Crippen molar-refractivity contribution in [2.75, 3.05) is 26.9 Å². The number of nitrogens with zero attached hydrogens (tertiary/aromatic N) is 2. The van der Waals surface area contributed by atoms with Crippen molar-refractivity contribution in [1.82, 2.24) is 5.32 Å². The molecule has 0 saturated heterocycles. The van der Waals surface area contributed by atoms with Gasteiger partial charge in [-0.05, 0) is 69.7 Å². The van der Waals surface area contributed by atoms with E-state index in [4.69, 9.17) is 14.2 Å². The maximum Gasteiger partial charge on any atom is 0.306 e. The van der Waals surface area contributed by atoms with Gasteiger partial charge in [-0.1, -0.05) is 33.1 Å². The number of benzene rings is 2. The van der Waals surface area contributed by atoms with Gasteiger partial charge in [0.15, 0.2) is 11.9 Å². The molecule has 0 aromatic heterocycles. The first-order valence-electron chi connectivity index (χ1n) is 17.8. The molecular weight excluding hydrogens is 678 g/mol. The van der Waals surface area contributed by atoms with E-state index in [9.17, 15) is 39.4 Å². The van der Waals surface area contributed by atoms with Gasteiger partial charge in [0.2, 0.25) is 5.91 Å². The minimum Gasteiger partial charge on any atom is -0.494 e.